The molecule has 0 bridgehead atoms. The first kappa shape index (κ1) is 11.4. The van der Waals surface area contributed by atoms with Crippen molar-refractivity contribution in [3.05, 3.63) is 24.1 Å². The Morgan fingerprint density at radius 3 is 2.65 bits per heavy atom. The zero-order valence-corrected chi connectivity index (χ0v) is 9.64. The van der Waals surface area contributed by atoms with E-state index in [1.165, 1.54) is 0 Å². The van der Waals surface area contributed by atoms with Gasteiger partial charge in [-0.15, -0.1) is 10.2 Å². The van der Waals surface area contributed by atoms with Gasteiger partial charge in [-0.05, 0) is 12.1 Å². The van der Waals surface area contributed by atoms with Gasteiger partial charge in [-0.2, -0.15) is 0 Å². The minimum atomic E-state index is 0.214. The third-order valence-electron chi connectivity index (χ3n) is 2.28. The van der Waals surface area contributed by atoms with Crippen LogP contribution in [0, 0.1) is 0 Å². The van der Waals surface area contributed by atoms with Crippen LogP contribution >= 0.6 is 0 Å². The average molecular weight is 235 g/mol. The van der Waals surface area contributed by atoms with Gasteiger partial charge in [0.15, 0.2) is 0 Å². The van der Waals surface area contributed by atoms with Gasteiger partial charge in [0.05, 0.1) is 26.3 Å². The predicted molar refractivity (Wildman–Crippen MR) is 60.7 cm³/mol. The molecular formula is C11H13N3O3. The summed E-state index contributed by atoms with van der Waals surface area (Å²) >= 11 is 0. The minimum Gasteiger partial charge on any atom is -0.497 e. The van der Waals surface area contributed by atoms with E-state index in [0.29, 0.717) is 28.8 Å². The van der Waals surface area contributed by atoms with Crippen LogP contribution in [-0.2, 0) is 6.54 Å². The molecule has 2 rings (SSSR count). The van der Waals surface area contributed by atoms with Crippen LogP contribution in [0.15, 0.2) is 22.6 Å². The van der Waals surface area contributed by atoms with Crippen LogP contribution in [0.1, 0.15) is 5.89 Å². The van der Waals surface area contributed by atoms with Gasteiger partial charge in [-0.3, -0.25) is 0 Å². The van der Waals surface area contributed by atoms with Gasteiger partial charge in [0.25, 0.3) is 5.89 Å². The maximum atomic E-state index is 5.41. The molecule has 2 aromatic rings. The Bertz CT molecular complexity index is 510. The summed E-state index contributed by atoms with van der Waals surface area (Å²) in [6.07, 6.45) is 0. The molecule has 17 heavy (non-hydrogen) atoms. The number of nitrogens with zero attached hydrogens (tertiary/aromatic N) is 2. The zero-order chi connectivity index (χ0) is 12.3. The van der Waals surface area contributed by atoms with Crippen molar-refractivity contribution in [1.29, 1.82) is 0 Å². The largest absolute Gasteiger partial charge is 0.497 e. The van der Waals surface area contributed by atoms with Crippen LogP contribution in [0.4, 0.5) is 0 Å². The SMILES string of the molecule is COc1ccc(-c2nnc(CN)o2)c(OC)c1. The number of ether oxygens (including phenoxy) is 2. The van der Waals surface area contributed by atoms with Crippen molar-refractivity contribution in [2.75, 3.05) is 14.2 Å². The molecule has 0 unspecified atom stereocenters. The van der Waals surface area contributed by atoms with Crippen LogP contribution in [0.2, 0.25) is 0 Å². The Kier molecular flexibility index (Phi) is 3.24. The lowest BCUT2D eigenvalue weighted by Gasteiger charge is -2.07. The highest BCUT2D eigenvalue weighted by Gasteiger charge is 2.13. The van der Waals surface area contributed by atoms with Gasteiger partial charge in [0.2, 0.25) is 5.89 Å². The molecular weight excluding hydrogens is 222 g/mol. The van der Waals surface area contributed by atoms with Gasteiger partial charge in [-0.25, -0.2) is 0 Å². The van der Waals surface area contributed by atoms with E-state index in [1.54, 1.807) is 32.4 Å². The van der Waals surface area contributed by atoms with E-state index in [9.17, 15) is 0 Å². The Morgan fingerprint density at radius 2 is 2.06 bits per heavy atom. The molecule has 0 aliphatic heterocycles. The van der Waals surface area contributed by atoms with Gasteiger partial charge < -0.3 is 19.6 Å². The normalized spacial score (nSPS) is 10.3. The van der Waals surface area contributed by atoms with Crippen LogP contribution in [-0.4, -0.2) is 24.4 Å². The third-order valence-corrected chi connectivity index (χ3v) is 2.28. The molecule has 0 saturated carbocycles. The van der Waals surface area contributed by atoms with Crippen molar-refractivity contribution < 1.29 is 13.9 Å². The van der Waals surface area contributed by atoms with Gasteiger partial charge in [-0.1, -0.05) is 0 Å². The van der Waals surface area contributed by atoms with Gasteiger partial charge in [0.1, 0.15) is 11.5 Å². The number of rotatable bonds is 4. The summed E-state index contributed by atoms with van der Waals surface area (Å²) in [6, 6.07) is 5.34. The first-order chi connectivity index (χ1) is 8.28. The summed E-state index contributed by atoms with van der Waals surface area (Å²) in [7, 11) is 3.16. The van der Waals surface area contributed by atoms with E-state index >= 15 is 0 Å². The summed E-state index contributed by atoms with van der Waals surface area (Å²) in [5.74, 6) is 2.07. The summed E-state index contributed by atoms with van der Waals surface area (Å²) in [6.45, 7) is 0.214. The Morgan fingerprint density at radius 1 is 1.24 bits per heavy atom. The van der Waals surface area contributed by atoms with Crippen molar-refractivity contribution in [2.24, 2.45) is 5.73 Å². The number of hydrogen-bond acceptors (Lipinski definition) is 6. The lowest BCUT2D eigenvalue weighted by atomic mass is 10.2. The quantitative estimate of drug-likeness (QED) is 0.857. The van der Waals surface area contributed by atoms with Crippen molar-refractivity contribution in [3.8, 4) is 23.0 Å². The molecule has 6 nitrogen and oxygen atoms in total. The first-order valence-electron chi connectivity index (χ1n) is 5.03. The van der Waals surface area contributed by atoms with E-state index in [2.05, 4.69) is 10.2 Å². The monoisotopic (exact) mass is 235 g/mol. The summed E-state index contributed by atoms with van der Waals surface area (Å²) in [4.78, 5) is 0. The molecule has 0 radical (unpaired) electrons. The molecule has 1 heterocycles. The number of aromatic nitrogens is 2. The highest BCUT2D eigenvalue weighted by molar-refractivity contribution is 5.64. The molecule has 1 aromatic carbocycles. The Labute approximate surface area is 98.4 Å². The van der Waals surface area contributed by atoms with Crippen LogP contribution in [0.25, 0.3) is 11.5 Å². The lowest BCUT2D eigenvalue weighted by molar-refractivity contribution is 0.394. The van der Waals surface area contributed by atoms with E-state index in [0.717, 1.165) is 0 Å². The minimum absolute atomic E-state index is 0.214. The molecule has 0 amide bonds. The highest BCUT2D eigenvalue weighted by atomic mass is 16.5. The van der Waals surface area contributed by atoms with E-state index in [1.807, 2.05) is 0 Å². The topological polar surface area (TPSA) is 83.4 Å². The van der Waals surface area contributed by atoms with E-state index in [4.69, 9.17) is 19.6 Å². The standard InChI is InChI=1S/C11H13N3O3/c1-15-7-3-4-8(9(5-7)16-2)11-14-13-10(6-12)17-11/h3-5H,6,12H2,1-2H3. The second-order valence-electron chi connectivity index (χ2n) is 3.27. The maximum absolute atomic E-state index is 5.41. The highest BCUT2D eigenvalue weighted by Crippen LogP contribution is 2.32. The summed E-state index contributed by atoms with van der Waals surface area (Å²) < 4.78 is 15.7. The molecule has 90 valence electrons. The number of hydrogen-bond donors (Lipinski definition) is 1. The summed E-state index contributed by atoms with van der Waals surface area (Å²) in [5.41, 5.74) is 6.12. The molecule has 0 spiro atoms. The van der Waals surface area contributed by atoms with Gasteiger partial charge >= 0.3 is 0 Å². The van der Waals surface area contributed by atoms with Crippen LogP contribution < -0.4 is 15.2 Å². The van der Waals surface area contributed by atoms with Crippen molar-refractivity contribution in [1.82, 2.24) is 10.2 Å². The summed E-state index contributed by atoms with van der Waals surface area (Å²) in [5, 5.41) is 7.70. The first-order valence-corrected chi connectivity index (χ1v) is 5.03. The predicted octanol–water partition coefficient (Wildman–Crippen LogP) is 1.21. The number of benzene rings is 1. The third kappa shape index (κ3) is 2.21. The lowest BCUT2D eigenvalue weighted by Crippen LogP contribution is -1.95. The fourth-order valence-corrected chi connectivity index (χ4v) is 1.42. The average Bonchev–Trinajstić information content (AvgIpc) is 2.86. The fraction of sp³-hybridized carbons (Fsp3) is 0.273. The molecule has 6 heteroatoms. The van der Waals surface area contributed by atoms with Crippen LogP contribution in [0.3, 0.4) is 0 Å². The van der Waals surface area contributed by atoms with E-state index in [-0.39, 0.29) is 6.54 Å². The van der Waals surface area contributed by atoms with Crippen molar-refractivity contribution in [3.63, 3.8) is 0 Å². The molecule has 0 aliphatic carbocycles. The zero-order valence-electron chi connectivity index (χ0n) is 9.64. The molecule has 2 N–H and O–H groups in total. The Balaban J connectivity index is 2.43. The Hall–Kier alpha value is -2.08. The number of methoxy groups -OCH3 is 2. The van der Waals surface area contributed by atoms with Gasteiger partial charge in [0, 0.05) is 6.07 Å². The van der Waals surface area contributed by atoms with E-state index < -0.39 is 0 Å². The smallest absolute Gasteiger partial charge is 0.251 e. The maximum Gasteiger partial charge on any atom is 0.251 e. The molecule has 1 aromatic heterocycles. The second kappa shape index (κ2) is 4.84. The van der Waals surface area contributed by atoms with Crippen molar-refractivity contribution >= 4 is 0 Å². The van der Waals surface area contributed by atoms with Crippen molar-refractivity contribution in [2.45, 2.75) is 6.54 Å². The molecule has 0 aliphatic rings. The second-order valence-corrected chi connectivity index (χ2v) is 3.27. The molecule has 0 atom stereocenters. The molecule has 0 saturated heterocycles. The molecule has 0 fully saturated rings. The fourth-order valence-electron chi connectivity index (χ4n) is 1.42. The number of nitrogens with two attached hydrogens (primary N) is 1. The van der Waals surface area contributed by atoms with Crippen LogP contribution in [0.5, 0.6) is 11.5 Å².